The Balaban J connectivity index is 1.92. The van der Waals surface area contributed by atoms with Gasteiger partial charge in [0.05, 0.1) is 5.69 Å². The molecule has 0 unspecified atom stereocenters. The summed E-state index contributed by atoms with van der Waals surface area (Å²) in [7, 11) is 0. The van der Waals surface area contributed by atoms with E-state index in [1.54, 1.807) is 18.5 Å². The maximum atomic E-state index is 5.98. The summed E-state index contributed by atoms with van der Waals surface area (Å²) >= 11 is 0. The van der Waals surface area contributed by atoms with Gasteiger partial charge < -0.3 is 10.5 Å². The fourth-order valence-electron chi connectivity index (χ4n) is 1.92. The normalized spacial score (nSPS) is 10.7. The van der Waals surface area contributed by atoms with Crippen molar-refractivity contribution in [2.75, 3.05) is 5.73 Å². The van der Waals surface area contributed by atoms with Crippen molar-refractivity contribution in [1.82, 2.24) is 15.0 Å². The van der Waals surface area contributed by atoms with E-state index in [1.165, 1.54) is 5.56 Å². The van der Waals surface area contributed by atoms with E-state index in [9.17, 15) is 0 Å². The number of hydrogen-bond donors (Lipinski definition) is 1. The van der Waals surface area contributed by atoms with E-state index in [0.29, 0.717) is 23.0 Å². The van der Waals surface area contributed by atoms with E-state index in [0.717, 1.165) is 11.9 Å². The highest BCUT2D eigenvalue weighted by Crippen LogP contribution is 2.27. The molecule has 100 valence electrons. The molecule has 5 nitrogen and oxygen atoms in total. The van der Waals surface area contributed by atoms with Crippen LogP contribution >= 0.6 is 0 Å². The molecule has 5 heteroatoms. The molecule has 1 aromatic carbocycles. The second kappa shape index (κ2) is 5.13. The molecular formula is C15H14N4O. The van der Waals surface area contributed by atoms with E-state index in [4.69, 9.17) is 10.5 Å². The molecule has 0 aliphatic rings. The van der Waals surface area contributed by atoms with Crippen LogP contribution in [0.3, 0.4) is 0 Å². The molecule has 0 radical (unpaired) electrons. The van der Waals surface area contributed by atoms with Gasteiger partial charge in [-0.3, -0.25) is 4.98 Å². The zero-order valence-corrected chi connectivity index (χ0v) is 11.1. The summed E-state index contributed by atoms with van der Waals surface area (Å²) in [6.45, 7) is 2.08. The van der Waals surface area contributed by atoms with Crippen LogP contribution < -0.4 is 10.5 Å². The SMILES string of the molecule is CCc1ccc(Oc2ccc3nccnc3n2)c(N)c1. The zero-order valence-electron chi connectivity index (χ0n) is 11.1. The van der Waals surface area contributed by atoms with Gasteiger partial charge in [-0.25, -0.2) is 4.98 Å². The molecule has 0 fully saturated rings. The largest absolute Gasteiger partial charge is 0.437 e. The molecule has 0 amide bonds. The third kappa shape index (κ3) is 2.38. The number of anilines is 1. The van der Waals surface area contributed by atoms with Crippen LogP contribution in [0.15, 0.2) is 42.7 Å². The standard InChI is InChI=1S/C15H14N4O/c1-2-10-3-5-13(11(16)9-10)20-14-6-4-12-15(19-14)18-8-7-17-12/h3-9H,2,16H2,1H3. The van der Waals surface area contributed by atoms with Crippen molar-refractivity contribution in [1.29, 1.82) is 0 Å². The Morgan fingerprint density at radius 3 is 2.75 bits per heavy atom. The van der Waals surface area contributed by atoms with Crippen LogP contribution in [0, 0.1) is 0 Å². The van der Waals surface area contributed by atoms with E-state index in [-0.39, 0.29) is 0 Å². The molecule has 0 spiro atoms. The first kappa shape index (κ1) is 12.3. The Morgan fingerprint density at radius 2 is 1.95 bits per heavy atom. The molecule has 2 N–H and O–H groups in total. The van der Waals surface area contributed by atoms with E-state index in [1.807, 2.05) is 24.3 Å². The Kier molecular flexibility index (Phi) is 3.16. The Morgan fingerprint density at radius 1 is 1.10 bits per heavy atom. The zero-order chi connectivity index (χ0) is 13.9. The lowest BCUT2D eigenvalue weighted by Gasteiger charge is -2.09. The maximum absolute atomic E-state index is 5.98. The summed E-state index contributed by atoms with van der Waals surface area (Å²) in [5.74, 6) is 1.05. The summed E-state index contributed by atoms with van der Waals surface area (Å²) in [5, 5.41) is 0. The minimum atomic E-state index is 0.453. The van der Waals surface area contributed by atoms with Gasteiger partial charge in [-0.1, -0.05) is 13.0 Å². The smallest absolute Gasteiger partial charge is 0.221 e. The Bertz CT molecular complexity index is 758. The number of aryl methyl sites for hydroxylation is 1. The van der Waals surface area contributed by atoms with Gasteiger partial charge >= 0.3 is 0 Å². The number of nitrogens with zero attached hydrogens (tertiary/aromatic N) is 3. The van der Waals surface area contributed by atoms with Crippen LogP contribution in [-0.2, 0) is 6.42 Å². The van der Waals surface area contributed by atoms with Crippen LogP contribution in [0.4, 0.5) is 5.69 Å². The number of hydrogen-bond acceptors (Lipinski definition) is 5. The van der Waals surface area contributed by atoms with Crippen molar-refractivity contribution in [2.45, 2.75) is 13.3 Å². The Labute approximate surface area is 116 Å². The predicted octanol–water partition coefficient (Wildman–Crippen LogP) is 2.96. The molecule has 20 heavy (non-hydrogen) atoms. The highest BCUT2D eigenvalue weighted by molar-refractivity contribution is 5.69. The topological polar surface area (TPSA) is 73.9 Å². The lowest BCUT2D eigenvalue weighted by molar-refractivity contribution is 0.467. The van der Waals surface area contributed by atoms with Gasteiger partial charge in [0.2, 0.25) is 5.88 Å². The summed E-state index contributed by atoms with van der Waals surface area (Å²) in [5.41, 5.74) is 9.03. The van der Waals surface area contributed by atoms with E-state index >= 15 is 0 Å². The monoisotopic (exact) mass is 266 g/mol. The molecule has 3 rings (SSSR count). The van der Waals surface area contributed by atoms with Crippen molar-refractivity contribution in [3.63, 3.8) is 0 Å². The first-order chi connectivity index (χ1) is 9.76. The van der Waals surface area contributed by atoms with Gasteiger partial charge in [0.15, 0.2) is 11.4 Å². The first-order valence-corrected chi connectivity index (χ1v) is 6.40. The number of ether oxygens (including phenoxy) is 1. The first-order valence-electron chi connectivity index (χ1n) is 6.40. The molecule has 0 saturated heterocycles. The van der Waals surface area contributed by atoms with Crippen molar-refractivity contribution >= 4 is 16.9 Å². The molecule has 0 saturated carbocycles. The fourth-order valence-corrected chi connectivity index (χ4v) is 1.92. The number of nitrogens with two attached hydrogens (primary N) is 1. The second-order valence-corrected chi connectivity index (χ2v) is 4.38. The lowest BCUT2D eigenvalue weighted by atomic mass is 10.1. The average Bonchev–Trinajstić information content (AvgIpc) is 2.49. The third-order valence-electron chi connectivity index (χ3n) is 3.00. The summed E-state index contributed by atoms with van der Waals surface area (Å²) in [6, 6.07) is 9.34. The van der Waals surface area contributed by atoms with Crippen molar-refractivity contribution < 1.29 is 4.74 Å². The Hall–Kier alpha value is -2.69. The van der Waals surface area contributed by atoms with Crippen molar-refractivity contribution in [3.05, 3.63) is 48.3 Å². The quantitative estimate of drug-likeness (QED) is 0.738. The van der Waals surface area contributed by atoms with Gasteiger partial charge in [0.1, 0.15) is 5.52 Å². The van der Waals surface area contributed by atoms with Crippen LogP contribution in [-0.4, -0.2) is 15.0 Å². The average molecular weight is 266 g/mol. The molecular weight excluding hydrogens is 252 g/mol. The minimum absolute atomic E-state index is 0.453. The van der Waals surface area contributed by atoms with Gasteiger partial charge in [-0.15, -0.1) is 0 Å². The molecule has 2 aromatic heterocycles. The molecule has 0 atom stereocenters. The number of pyridine rings is 1. The van der Waals surface area contributed by atoms with Crippen LogP contribution in [0.1, 0.15) is 12.5 Å². The van der Waals surface area contributed by atoms with Gasteiger partial charge in [0.25, 0.3) is 0 Å². The highest BCUT2D eigenvalue weighted by atomic mass is 16.5. The molecule has 2 heterocycles. The number of benzene rings is 1. The summed E-state index contributed by atoms with van der Waals surface area (Å²) < 4.78 is 5.71. The molecule has 0 bridgehead atoms. The lowest BCUT2D eigenvalue weighted by Crippen LogP contribution is -1.96. The van der Waals surface area contributed by atoms with Crippen molar-refractivity contribution in [3.8, 4) is 11.6 Å². The molecule has 0 aliphatic carbocycles. The van der Waals surface area contributed by atoms with Crippen LogP contribution in [0.5, 0.6) is 11.6 Å². The molecule has 0 aliphatic heterocycles. The van der Waals surface area contributed by atoms with Crippen LogP contribution in [0.2, 0.25) is 0 Å². The summed E-state index contributed by atoms with van der Waals surface area (Å²) in [6.07, 6.45) is 4.17. The van der Waals surface area contributed by atoms with Gasteiger partial charge in [-0.2, -0.15) is 4.98 Å². The fraction of sp³-hybridized carbons (Fsp3) is 0.133. The number of nitrogen functional groups attached to an aromatic ring is 1. The van der Waals surface area contributed by atoms with Crippen molar-refractivity contribution in [2.24, 2.45) is 0 Å². The maximum Gasteiger partial charge on any atom is 0.221 e. The number of aromatic nitrogens is 3. The number of fused-ring (bicyclic) bond motifs is 1. The predicted molar refractivity (Wildman–Crippen MR) is 77.6 cm³/mol. The molecule has 3 aromatic rings. The highest BCUT2D eigenvalue weighted by Gasteiger charge is 2.06. The van der Waals surface area contributed by atoms with E-state index in [2.05, 4.69) is 21.9 Å². The van der Waals surface area contributed by atoms with E-state index < -0.39 is 0 Å². The van der Waals surface area contributed by atoms with Gasteiger partial charge in [-0.05, 0) is 30.2 Å². The number of rotatable bonds is 3. The summed E-state index contributed by atoms with van der Waals surface area (Å²) in [4.78, 5) is 12.6. The third-order valence-corrected chi connectivity index (χ3v) is 3.00. The van der Waals surface area contributed by atoms with Crippen LogP contribution in [0.25, 0.3) is 11.2 Å². The second-order valence-electron chi connectivity index (χ2n) is 4.38. The van der Waals surface area contributed by atoms with Gasteiger partial charge in [0, 0.05) is 18.5 Å². The minimum Gasteiger partial charge on any atom is -0.437 e.